The second kappa shape index (κ2) is 8.93. The van der Waals surface area contributed by atoms with Gasteiger partial charge in [0.2, 0.25) is 0 Å². The van der Waals surface area contributed by atoms with E-state index in [1.165, 1.54) is 38.1 Å². The number of amides is 2. The number of aliphatic hydroxyl groups excluding tert-OH is 1. The zero-order valence-corrected chi connectivity index (χ0v) is 16.5. The van der Waals surface area contributed by atoms with Crippen molar-refractivity contribution in [3.05, 3.63) is 65.0 Å². The Morgan fingerprint density at radius 2 is 1.86 bits per heavy atom. The van der Waals surface area contributed by atoms with Crippen molar-refractivity contribution in [1.29, 1.82) is 0 Å². The molecule has 1 atom stereocenters. The normalized spacial score (nSPS) is 18.6. The lowest BCUT2D eigenvalue weighted by molar-refractivity contribution is -0.00222. The molecular weight excluding hydrogens is 369 g/mol. The zero-order chi connectivity index (χ0) is 20.2. The van der Waals surface area contributed by atoms with Gasteiger partial charge in [0.05, 0.1) is 6.10 Å². The highest BCUT2D eigenvalue weighted by Gasteiger charge is 2.34. The van der Waals surface area contributed by atoms with Crippen LogP contribution in [-0.4, -0.2) is 35.2 Å². The molecule has 6 heteroatoms. The average Bonchev–Trinajstić information content (AvgIpc) is 2.72. The van der Waals surface area contributed by atoms with Gasteiger partial charge in [0.25, 0.3) is 0 Å². The van der Waals surface area contributed by atoms with Gasteiger partial charge in [-0.2, -0.15) is 0 Å². The first-order valence-electron chi connectivity index (χ1n) is 10.4. The van der Waals surface area contributed by atoms with Crippen molar-refractivity contribution in [2.75, 3.05) is 18.4 Å². The van der Waals surface area contributed by atoms with Crippen LogP contribution < -0.4 is 10.6 Å². The number of hydrogen-bond acceptors (Lipinski definition) is 3. The van der Waals surface area contributed by atoms with Crippen molar-refractivity contribution in [2.45, 2.75) is 50.8 Å². The summed E-state index contributed by atoms with van der Waals surface area (Å²) < 4.78 is 12.8. The summed E-state index contributed by atoms with van der Waals surface area (Å²) in [5, 5.41) is 15.8. The highest BCUT2D eigenvalue weighted by Crippen LogP contribution is 2.29. The maximum atomic E-state index is 12.8. The van der Waals surface area contributed by atoms with Gasteiger partial charge in [-0.05, 0) is 86.1 Å². The zero-order valence-electron chi connectivity index (χ0n) is 16.5. The fourth-order valence-electron chi connectivity index (χ4n) is 3.99. The second-order valence-corrected chi connectivity index (χ2v) is 8.03. The molecule has 3 N–H and O–H groups in total. The smallest absolute Gasteiger partial charge is 0.319 e. The van der Waals surface area contributed by atoms with Gasteiger partial charge in [-0.25, -0.2) is 9.18 Å². The molecule has 0 bridgehead atoms. The molecule has 2 aromatic carbocycles. The molecule has 5 rings (SSSR count). The van der Waals surface area contributed by atoms with E-state index in [1.807, 2.05) is 18.2 Å². The van der Waals surface area contributed by atoms with Crippen LogP contribution in [0.4, 0.5) is 14.9 Å². The average molecular weight is 397 g/mol. The lowest BCUT2D eigenvalue weighted by atomic mass is 9.91. The molecule has 0 radical (unpaired) electrons. The summed E-state index contributed by atoms with van der Waals surface area (Å²) in [4.78, 5) is 13.8. The summed E-state index contributed by atoms with van der Waals surface area (Å²) >= 11 is 0. The molecule has 2 amide bonds. The first-order chi connectivity index (χ1) is 14.1. The van der Waals surface area contributed by atoms with Crippen LogP contribution in [0.1, 0.15) is 48.5 Å². The number of piperidine rings is 1. The third kappa shape index (κ3) is 4.95. The number of carbonyl (C=O) groups is 1. The molecule has 3 aliphatic rings. The summed E-state index contributed by atoms with van der Waals surface area (Å²) in [7, 11) is 0. The van der Waals surface area contributed by atoms with Crippen LogP contribution >= 0.6 is 0 Å². The Labute approximate surface area is 170 Å². The molecule has 1 unspecified atom stereocenters. The van der Waals surface area contributed by atoms with Crippen molar-refractivity contribution in [3.8, 4) is 0 Å². The SMILES string of the molecule is C1CN2CCC12.O=C1NCc2cc(C(O)CCCc3ccc(F)cc3)ccc2N1. The highest BCUT2D eigenvalue weighted by atomic mass is 19.1. The summed E-state index contributed by atoms with van der Waals surface area (Å²) in [5.74, 6) is -0.233. The van der Waals surface area contributed by atoms with E-state index in [2.05, 4.69) is 15.5 Å². The largest absolute Gasteiger partial charge is 0.388 e. The van der Waals surface area contributed by atoms with Crippen LogP contribution in [-0.2, 0) is 13.0 Å². The summed E-state index contributed by atoms with van der Waals surface area (Å²) in [6.45, 7) is 3.26. The number of aliphatic hydroxyl groups is 1. The summed E-state index contributed by atoms with van der Waals surface area (Å²) in [5.41, 5.74) is 3.67. The standard InChI is InChI=1S/C18H19FN2O2.C5H9N/c19-15-7-4-12(5-8-15)2-1-3-17(22)13-6-9-16-14(10-13)11-20-18(23)21-16;1-3-6-4-2-5(1)6/h4-10,17,22H,1-3,11H2,(H2,20,21,23);5H,1-4H2. The molecule has 0 spiro atoms. The number of halogens is 1. The molecule has 0 saturated carbocycles. The van der Waals surface area contributed by atoms with Crippen LogP contribution in [0, 0.1) is 5.82 Å². The van der Waals surface area contributed by atoms with Crippen LogP contribution in [0.2, 0.25) is 0 Å². The lowest BCUT2D eigenvalue weighted by Gasteiger charge is -2.50. The number of nitrogens with zero attached hydrogens (tertiary/aromatic N) is 1. The molecule has 2 saturated heterocycles. The maximum absolute atomic E-state index is 12.8. The number of benzene rings is 2. The number of nitrogens with one attached hydrogen (secondary N) is 2. The van der Waals surface area contributed by atoms with E-state index < -0.39 is 6.10 Å². The van der Waals surface area contributed by atoms with Crippen LogP contribution in [0.5, 0.6) is 0 Å². The van der Waals surface area contributed by atoms with E-state index in [0.717, 1.165) is 41.3 Å². The highest BCUT2D eigenvalue weighted by molar-refractivity contribution is 5.92. The molecule has 2 fully saturated rings. The Kier molecular flexibility index (Phi) is 6.11. The number of rotatable bonds is 5. The first kappa shape index (κ1) is 19.9. The molecule has 0 aromatic heterocycles. The van der Waals surface area contributed by atoms with Gasteiger partial charge in [0.15, 0.2) is 0 Å². The molecule has 29 heavy (non-hydrogen) atoms. The van der Waals surface area contributed by atoms with Crippen molar-refractivity contribution in [2.24, 2.45) is 0 Å². The Morgan fingerprint density at radius 3 is 2.48 bits per heavy atom. The monoisotopic (exact) mass is 397 g/mol. The van der Waals surface area contributed by atoms with Crippen molar-refractivity contribution in [3.63, 3.8) is 0 Å². The number of anilines is 1. The molecule has 2 aromatic rings. The minimum absolute atomic E-state index is 0.204. The number of aryl methyl sites for hydroxylation is 1. The predicted octanol–water partition coefficient (Wildman–Crippen LogP) is 3.98. The fourth-order valence-corrected chi connectivity index (χ4v) is 3.99. The molecule has 154 valence electrons. The molecule has 5 nitrogen and oxygen atoms in total. The number of fused-ring (bicyclic) bond motifs is 2. The van der Waals surface area contributed by atoms with E-state index in [9.17, 15) is 14.3 Å². The van der Waals surface area contributed by atoms with Crippen LogP contribution in [0.15, 0.2) is 42.5 Å². The van der Waals surface area contributed by atoms with E-state index in [1.54, 1.807) is 12.1 Å². The van der Waals surface area contributed by atoms with Crippen molar-refractivity contribution in [1.82, 2.24) is 10.2 Å². The van der Waals surface area contributed by atoms with Gasteiger partial charge in [-0.1, -0.05) is 18.2 Å². The molecule has 3 aliphatic heterocycles. The van der Waals surface area contributed by atoms with Gasteiger partial charge in [0, 0.05) is 18.3 Å². The molecule has 0 aliphatic carbocycles. The van der Waals surface area contributed by atoms with E-state index in [-0.39, 0.29) is 11.8 Å². The van der Waals surface area contributed by atoms with Crippen LogP contribution in [0.25, 0.3) is 0 Å². The Morgan fingerprint density at radius 1 is 1.14 bits per heavy atom. The first-order valence-corrected chi connectivity index (χ1v) is 10.4. The van der Waals surface area contributed by atoms with Crippen molar-refractivity contribution >= 4 is 11.7 Å². The quantitative estimate of drug-likeness (QED) is 0.715. The summed E-state index contributed by atoms with van der Waals surface area (Å²) in [6, 6.07) is 12.9. The van der Waals surface area contributed by atoms with Gasteiger partial charge < -0.3 is 20.6 Å². The fraction of sp³-hybridized carbons (Fsp3) is 0.435. The summed E-state index contributed by atoms with van der Waals surface area (Å²) in [6.07, 6.45) is 4.69. The Balaban J connectivity index is 0.000000286. The number of carbonyl (C=O) groups excluding carboxylic acids is 1. The van der Waals surface area contributed by atoms with E-state index in [4.69, 9.17) is 0 Å². The van der Waals surface area contributed by atoms with E-state index >= 15 is 0 Å². The van der Waals surface area contributed by atoms with E-state index in [0.29, 0.717) is 13.0 Å². The third-order valence-corrected chi connectivity index (χ3v) is 6.07. The predicted molar refractivity (Wildman–Crippen MR) is 111 cm³/mol. The molecular formula is C23H28FN3O2. The topological polar surface area (TPSA) is 64.6 Å². The van der Waals surface area contributed by atoms with Gasteiger partial charge in [-0.15, -0.1) is 0 Å². The maximum Gasteiger partial charge on any atom is 0.319 e. The Hall–Kier alpha value is -2.44. The third-order valence-electron chi connectivity index (χ3n) is 6.07. The lowest BCUT2D eigenvalue weighted by Crippen LogP contribution is -2.57. The van der Waals surface area contributed by atoms with Crippen molar-refractivity contribution < 1.29 is 14.3 Å². The Bertz CT molecular complexity index is 838. The van der Waals surface area contributed by atoms with Gasteiger partial charge >= 0.3 is 6.03 Å². The second-order valence-electron chi connectivity index (χ2n) is 8.03. The van der Waals surface area contributed by atoms with Crippen LogP contribution in [0.3, 0.4) is 0 Å². The minimum Gasteiger partial charge on any atom is -0.388 e. The van der Waals surface area contributed by atoms with Gasteiger partial charge in [-0.3, -0.25) is 0 Å². The number of urea groups is 1. The minimum atomic E-state index is -0.543. The molecule has 3 heterocycles. The van der Waals surface area contributed by atoms with Gasteiger partial charge in [0.1, 0.15) is 5.82 Å². The number of hydrogen-bond donors (Lipinski definition) is 3.